The molecule has 0 saturated carbocycles. The van der Waals surface area contributed by atoms with Crippen LogP contribution in [0.3, 0.4) is 0 Å². The molecule has 0 radical (unpaired) electrons. The predicted molar refractivity (Wildman–Crippen MR) is 41.5 cm³/mol. The summed E-state index contributed by atoms with van der Waals surface area (Å²) in [6.07, 6.45) is 0.500. The summed E-state index contributed by atoms with van der Waals surface area (Å²) in [6, 6.07) is 0. The molecule has 3 heteroatoms. The lowest BCUT2D eigenvalue weighted by Gasteiger charge is -2.04. The Balaban J connectivity index is 0. The Labute approximate surface area is 58.2 Å². The van der Waals surface area contributed by atoms with E-state index < -0.39 is 0 Å². The van der Waals surface area contributed by atoms with Gasteiger partial charge >= 0.3 is 5.97 Å². The number of esters is 1. The highest BCUT2D eigenvalue weighted by Gasteiger charge is 1.98. The zero-order valence-corrected chi connectivity index (χ0v) is 5.60. The van der Waals surface area contributed by atoms with Crippen LogP contribution < -0.4 is 0 Å². The number of carbonyl (C=O) groups is 1. The lowest BCUT2D eigenvalue weighted by atomic mass is 10.4. The van der Waals surface area contributed by atoms with Crippen LogP contribution in [0.4, 0.5) is 0 Å². The van der Waals surface area contributed by atoms with E-state index in [1.54, 1.807) is 6.92 Å². The number of hydrogen-bond acceptors (Lipinski definition) is 2. The molecule has 0 aliphatic heterocycles. The van der Waals surface area contributed by atoms with Gasteiger partial charge in [-0.1, -0.05) is 6.92 Å². The van der Waals surface area contributed by atoms with Gasteiger partial charge in [-0.25, -0.2) is 0 Å². The van der Waals surface area contributed by atoms with Gasteiger partial charge in [0.05, 0.1) is 14.5 Å². The first-order valence-electron chi connectivity index (χ1n) is 2.86. The second-order valence-electron chi connectivity index (χ2n) is 1.89. The fourth-order valence-electron chi connectivity index (χ4n) is 0.346. The molecular formula is C6H15BO2. The topological polar surface area (TPSA) is 26.3 Å². The van der Waals surface area contributed by atoms with Gasteiger partial charge in [0.25, 0.3) is 0 Å². The third-order valence-electron chi connectivity index (χ3n) is 0.656. The molecule has 0 spiro atoms. The summed E-state index contributed by atoms with van der Waals surface area (Å²) in [4.78, 5) is 10.4. The van der Waals surface area contributed by atoms with Crippen molar-refractivity contribution in [2.45, 2.75) is 33.3 Å². The molecular weight excluding hydrogens is 115 g/mol. The molecule has 0 rings (SSSR count). The van der Waals surface area contributed by atoms with Crippen LogP contribution in [0.25, 0.3) is 0 Å². The fourth-order valence-corrected chi connectivity index (χ4v) is 0.346. The largest absolute Gasteiger partial charge is 0.463 e. The third kappa shape index (κ3) is 7.53. The smallest absolute Gasteiger partial charge is 0.305 e. The van der Waals surface area contributed by atoms with E-state index in [9.17, 15) is 4.79 Å². The van der Waals surface area contributed by atoms with Gasteiger partial charge in [-0.15, -0.1) is 0 Å². The zero-order valence-electron chi connectivity index (χ0n) is 5.60. The van der Waals surface area contributed by atoms with Gasteiger partial charge in [0.1, 0.15) is 0 Å². The van der Waals surface area contributed by atoms with Crippen molar-refractivity contribution in [1.29, 1.82) is 0 Å². The Morgan fingerprint density at radius 3 is 2.11 bits per heavy atom. The highest BCUT2D eigenvalue weighted by molar-refractivity contribution is 5.75. The lowest BCUT2D eigenvalue weighted by Crippen LogP contribution is -2.09. The Morgan fingerprint density at radius 1 is 1.56 bits per heavy atom. The average molecular weight is 130 g/mol. The van der Waals surface area contributed by atoms with Crippen LogP contribution in [0.15, 0.2) is 0 Å². The molecule has 2 nitrogen and oxygen atoms in total. The highest BCUT2D eigenvalue weighted by atomic mass is 16.5. The van der Waals surface area contributed by atoms with Gasteiger partial charge in [0, 0.05) is 6.42 Å². The van der Waals surface area contributed by atoms with E-state index in [4.69, 9.17) is 4.74 Å². The van der Waals surface area contributed by atoms with E-state index in [1.165, 1.54) is 0 Å². The number of ether oxygens (including phenoxy) is 1. The summed E-state index contributed by atoms with van der Waals surface area (Å²) in [5, 5.41) is 0. The monoisotopic (exact) mass is 130 g/mol. The maximum atomic E-state index is 10.4. The first kappa shape index (κ1) is 11.3. The van der Waals surface area contributed by atoms with Gasteiger partial charge < -0.3 is 4.74 Å². The van der Waals surface area contributed by atoms with E-state index in [2.05, 4.69) is 0 Å². The second kappa shape index (κ2) is 5.67. The van der Waals surface area contributed by atoms with Gasteiger partial charge in [-0.3, -0.25) is 4.79 Å². The van der Waals surface area contributed by atoms with Gasteiger partial charge in [0.15, 0.2) is 0 Å². The molecule has 0 aliphatic rings. The minimum absolute atomic E-state index is 0. The molecule has 0 aromatic carbocycles. The molecule has 9 heavy (non-hydrogen) atoms. The zero-order chi connectivity index (χ0) is 6.57. The Morgan fingerprint density at radius 2 is 2.00 bits per heavy atom. The van der Waals surface area contributed by atoms with Crippen LogP contribution in [0.1, 0.15) is 27.2 Å². The van der Waals surface area contributed by atoms with E-state index in [1.807, 2.05) is 13.8 Å². The van der Waals surface area contributed by atoms with Gasteiger partial charge in [0.2, 0.25) is 0 Å². The maximum Gasteiger partial charge on any atom is 0.305 e. The molecule has 0 aliphatic carbocycles. The number of carbonyl (C=O) groups excluding carboxylic acids is 1. The third-order valence-corrected chi connectivity index (χ3v) is 0.656. The van der Waals surface area contributed by atoms with E-state index in [-0.39, 0.29) is 20.5 Å². The predicted octanol–water partition coefficient (Wildman–Crippen LogP) is 0.164. The first-order chi connectivity index (χ1) is 3.66. The molecule has 0 aromatic rings. The molecule has 0 unspecified atom stereocenters. The summed E-state index contributed by atoms with van der Waals surface area (Å²) in [6.45, 7) is 5.46. The summed E-state index contributed by atoms with van der Waals surface area (Å²) < 4.78 is 4.76. The normalized spacial score (nSPS) is 8.44. The van der Waals surface area contributed by atoms with Crippen molar-refractivity contribution in [1.82, 2.24) is 0 Å². The van der Waals surface area contributed by atoms with Gasteiger partial charge in [-0.05, 0) is 13.8 Å². The van der Waals surface area contributed by atoms with Crippen molar-refractivity contribution < 1.29 is 9.53 Å². The second-order valence-corrected chi connectivity index (χ2v) is 1.89. The van der Waals surface area contributed by atoms with E-state index in [0.717, 1.165) is 0 Å². The molecule has 0 aromatic heterocycles. The van der Waals surface area contributed by atoms with Crippen LogP contribution in [0, 0.1) is 0 Å². The first-order valence-corrected chi connectivity index (χ1v) is 2.86. The van der Waals surface area contributed by atoms with Crippen LogP contribution in [-0.4, -0.2) is 20.5 Å². The molecule has 0 saturated heterocycles. The summed E-state index contributed by atoms with van der Waals surface area (Å²) in [5.74, 6) is -0.125. The van der Waals surface area contributed by atoms with Crippen molar-refractivity contribution in [3.63, 3.8) is 0 Å². The van der Waals surface area contributed by atoms with Crippen LogP contribution in [0.2, 0.25) is 0 Å². The standard InChI is InChI=1S/C6H12O2.BH3/c1-4-6(7)8-5(2)3;/h5H,4H2,1-3H3;1H3. The summed E-state index contributed by atoms with van der Waals surface area (Å²) in [5.41, 5.74) is 0. The molecule has 0 heterocycles. The van der Waals surface area contributed by atoms with Crippen molar-refractivity contribution in [3.05, 3.63) is 0 Å². The van der Waals surface area contributed by atoms with Crippen LogP contribution >= 0.6 is 0 Å². The van der Waals surface area contributed by atoms with Crippen molar-refractivity contribution in [3.8, 4) is 0 Å². The average Bonchev–Trinajstić information content (AvgIpc) is 1.65. The summed E-state index contributed by atoms with van der Waals surface area (Å²) in [7, 11) is 0. The molecule has 54 valence electrons. The van der Waals surface area contributed by atoms with E-state index in [0.29, 0.717) is 6.42 Å². The number of rotatable bonds is 2. The minimum atomic E-state index is -0.125. The van der Waals surface area contributed by atoms with Crippen LogP contribution in [0.5, 0.6) is 0 Å². The quantitative estimate of drug-likeness (QED) is 0.393. The fraction of sp³-hybridized carbons (Fsp3) is 0.833. The molecule has 0 bridgehead atoms. The Bertz CT molecular complexity index is 81.1. The molecule has 0 N–H and O–H groups in total. The SMILES string of the molecule is B.CCC(=O)OC(C)C. The minimum Gasteiger partial charge on any atom is -0.463 e. The molecule has 0 atom stereocenters. The summed E-state index contributed by atoms with van der Waals surface area (Å²) >= 11 is 0. The highest BCUT2D eigenvalue weighted by Crippen LogP contribution is 1.90. The van der Waals surface area contributed by atoms with Crippen molar-refractivity contribution in [2.24, 2.45) is 0 Å². The lowest BCUT2D eigenvalue weighted by molar-refractivity contribution is -0.146. The molecule has 0 amide bonds. The maximum absolute atomic E-state index is 10.4. The van der Waals surface area contributed by atoms with Crippen molar-refractivity contribution in [2.75, 3.05) is 0 Å². The molecule has 0 fully saturated rings. The van der Waals surface area contributed by atoms with E-state index >= 15 is 0 Å². The Hall–Kier alpha value is -0.465. The van der Waals surface area contributed by atoms with Crippen LogP contribution in [-0.2, 0) is 9.53 Å². The van der Waals surface area contributed by atoms with Gasteiger partial charge in [-0.2, -0.15) is 0 Å². The number of hydrogen-bond donors (Lipinski definition) is 0. The van der Waals surface area contributed by atoms with Crippen molar-refractivity contribution >= 4 is 14.4 Å². The Kier molecular flexibility index (Phi) is 7.15.